The van der Waals surface area contributed by atoms with Gasteiger partial charge in [-0.1, -0.05) is 35.5 Å². The van der Waals surface area contributed by atoms with Crippen molar-refractivity contribution >= 4 is 5.91 Å². The Morgan fingerprint density at radius 1 is 1.29 bits per heavy atom. The van der Waals surface area contributed by atoms with E-state index in [1.807, 2.05) is 56.3 Å². The number of aryl methyl sites for hydroxylation is 1. The first-order valence-corrected chi connectivity index (χ1v) is 7.00. The van der Waals surface area contributed by atoms with Crippen LogP contribution in [-0.2, 0) is 11.2 Å². The molecule has 1 N–H and O–H groups in total. The van der Waals surface area contributed by atoms with Gasteiger partial charge in [0.25, 0.3) is 0 Å². The lowest BCUT2D eigenvalue weighted by Gasteiger charge is -2.10. The first-order valence-electron chi connectivity index (χ1n) is 7.00. The Labute approximate surface area is 124 Å². The summed E-state index contributed by atoms with van der Waals surface area (Å²) in [6.45, 7) is 3.31. The molecule has 0 spiro atoms. The van der Waals surface area contributed by atoms with Crippen LogP contribution in [0, 0.1) is 6.92 Å². The van der Waals surface area contributed by atoms with E-state index < -0.39 is 0 Å². The lowest BCUT2D eigenvalue weighted by Crippen LogP contribution is -2.32. The molecule has 0 saturated carbocycles. The van der Waals surface area contributed by atoms with Crippen LogP contribution in [0.15, 0.2) is 34.9 Å². The Hall–Kier alpha value is -2.14. The normalized spacial score (nSPS) is 10.9. The van der Waals surface area contributed by atoms with Crippen molar-refractivity contribution in [3.8, 4) is 11.3 Å². The van der Waals surface area contributed by atoms with Crippen molar-refractivity contribution in [2.24, 2.45) is 0 Å². The second-order valence-electron chi connectivity index (χ2n) is 5.27. The number of aromatic nitrogens is 1. The van der Waals surface area contributed by atoms with E-state index in [0.717, 1.165) is 23.4 Å². The molecule has 0 fully saturated rings. The number of benzene rings is 1. The molecule has 1 amide bonds. The van der Waals surface area contributed by atoms with Crippen molar-refractivity contribution in [3.63, 3.8) is 0 Å². The highest BCUT2D eigenvalue weighted by molar-refractivity contribution is 5.81. The maximum Gasteiger partial charge on any atom is 0.224 e. The quantitative estimate of drug-likeness (QED) is 0.881. The van der Waals surface area contributed by atoms with Gasteiger partial charge in [-0.2, -0.15) is 0 Å². The Kier molecular flexibility index (Phi) is 5.11. The first-order chi connectivity index (χ1) is 10.1. The van der Waals surface area contributed by atoms with Crippen molar-refractivity contribution in [1.29, 1.82) is 0 Å². The van der Waals surface area contributed by atoms with Crippen LogP contribution in [0.4, 0.5) is 0 Å². The standard InChI is InChI=1S/C16H21N3O2/c1-12-14(11-15(20)17-9-10-19(2)3)16(21-18-12)13-7-5-4-6-8-13/h4-8H,9-11H2,1-3H3,(H,17,20). The third kappa shape index (κ3) is 4.16. The molecular formula is C16H21N3O2. The topological polar surface area (TPSA) is 58.4 Å². The van der Waals surface area contributed by atoms with Crippen LogP contribution in [0.3, 0.4) is 0 Å². The van der Waals surface area contributed by atoms with Crippen LogP contribution in [0.1, 0.15) is 11.3 Å². The Morgan fingerprint density at radius 3 is 2.67 bits per heavy atom. The van der Waals surface area contributed by atoms with Crippen LogP contribution in [0.5, 0.6) is 0 Å². The summed E-state index contributed by atoms with van der Waals surface area (Å²) in [5.74, 6) is 0.663. The summed E-state index contributed by atoms with van der Waals surface area (Å²) in [5.41, 5.74) is 2.55. The second kappa shape index (κ2) is 7.04. The average Bonchev–Trinajstić information content (AvgIpc) is 2.81. The third-order valence-electron chi connectivity index (χ3n) is 3.24. The number of nitrogens with zero attached hydrogens (tertiary/aromatic N) is 2. The number of likely N-dealkylation sites (N-methyl/N-ethyl adjacent to an activating group) is 1. The predicted octanol–water partition coefficient (Wildman–Crippen LogP) is 1.87. The van der Waals surface area contributed by atoms with E-state index in [0.29, 0.717) is 12.3 Å². The molecule has 0 aliphatic carbocycles. The van der Waals surface area contributed by atoms with Gasteiger partial charge < -0.3 is 14.7 Å². The van der Waals surface area contributed by atoms with Gasteiger partial charge in [0.1, 0.15) is 0 Å². The van der Waals surface area contributed by atoms with E-state index in [-0.39, 0.29) is 12.3 Å². The molecule has 0 aliphatic heterocycles. The minimum absolute atomic E-state index is 0.0136. The highest BCUT2D eigenvalue weighted by Gasteiger charge is 2.17. The number of nitrogens with one attached hydrogen (secondary N) is 1. The summed E-state index contributed by atoms with van der Waals surface area (Å²) in [6.07, 6.45) is 0.285. The predicted molar refractivity (Wildman–Crippen MR) is 81.9 cm³/mol. The molecule has 1 aromatic carbocycles. The minimum Gasteiger partial charge on any atom is -0.356 e. The van der Waals surface area contributed by atoms with E-state index in [4.69, 9.17) is 4.52 Å². The Bertz CT molecular complexity index is 591. The summed E-state index contributed by atoms with van der Waals surface area (Å²) >= 11 is 0. The number of amides is 1. The number of hydrogen-bond donors (Lipinski definition) is 1. The maximum absolute atomic E-state index is 12.0. The molecule has 1 aromatic heterocycles. The summed E-state index contributed by atoms with van der Waals surface area (Å²) in [5, 5.41) is 6.90. The van der Waals surface area contributed by atoms with Gasteiger partial charge in [0.05, 0.1) is 12.1 Å². The van der Waals surface area contributed by atoms with Gasteiger partial charge in [-0.05, 0) is 21.0 Å². The molecule has 0 unspecified atom stereocenters. The lowest BCUT2D eigenvalue weighted by molar-refractivity contribution is -0.120. The number of carbonyl (C=O) groups is 1. The third-order valence-corrected chi connectivity index (χ3v) is 3.24. The van der Waals surface area contributed by atoms with Crippen molar-refractivity contribution in [1.82, 2.24) is 15.4 Å². The molecule has 0 radical (unpaired) electrons. The lowest BCUT2D eigenvalue weighted by atomic mass is 10.0. The molecule has 5 heteroatoms. The Balaban J connectivity index is 2.07. The number of rotatable bonds is 6. The van der Waals surface area contributed by atoms with Crippen molar-refractivity contribution in [2.75, 3.05) is 27.2 Å². The molecule has 5 nitrogen and oxygen atoms in total. The van der Waals surface area contributed by atoms with Crippen LogP contribution < -0.4 is 5.32 Å². The first kappa shape index (κ1) is 15.3. The van der Waals surface area contributed by atoms with Gasteiger partial charge in [0, 0.05) is 24.2 Å². The summed E-state index contributed by atoms with van der Waals surface area (Å²) < 4.78 is 5.39. The highest BCUT2D eigenvalue weighted by Crippen LogP contribution is 2.26. The summed E-state index contributed by atoms with van der Waals surface area (Å²) in [4.78, 5) is 14.1. The van der Waals surface area contributed by atoms with Gasteiger partial charge in [-0.3, -0.25) is 4.79 Å². The molecule has 0 aliphatic rings. The number of hydrogen-bond acceptors (Lipinski definition) is 4. The molecule has 21 heavy (non-hydrogen) atoms. The highest BCUT2D eigenvalue weighted by atomic mass is 16.5. The Morgan fingerprint density at radius 2 is 2.00 bits per heavy atom. The van der Waals surface area contributed by atoms with Crippen LogP contribution in [-0.4, -0.2) is 43.1 Å². The molecule has 112 valence electrons. The van der Waals surface area contributed by atoms with Crippen LogP contribution >= 0.6 is 0 Å². The van der Waals surface area contributed by atoms with E-state index in [1.165, 1.54) is 0 Å². The van der Waals surface area contributed by atoms with Gasteiger partial charge in [-0.15, -0.1) is 0 Å². The second-order valence-corrected chi connectivity index (χ2v) is 5.27. The summed E-state index contributed by atoms with van der Waals surface area (Å²) in [6, 6.07) is 9.73. The van der Waals surface area contributed by atoms with Gasteiger partial charge in [0.15, 0.2) is 5.76 Å². The average molecular weight is 287 g/mol. The molecule has 0 atom stereocenters. The van der Waals surface area contributed by atoms with E-state index in [9.17, 15) is 4.79 Å². The van der Waals surface area contributed by atoms with Crippen molar-refractivity contribution < 1.29 is 9.32 Å². The molecular weight excluding hydrogens is 266 g/mol. The SMILES string of the molecule is Cc1noc(-c2ccccc2)c1CC(=O)NCCN(C)C. The zero-order chi connectivity index (χ0) is 15.2. The minimum atomic E-state index is -0.0136. The summed E-state index contributed by atoms with van der Waals surface area (Å²) in [7, 11) is 3.95. The molecule has 0 bridgehead atoms. The van der Waals surface area contributed by atoms with Crippen molar-refractivity contribution in [2.45, 2.75) is 13.3 Å². The van der Waals surface area contributed by atoms with E-state index in [2.05, 4.69) is 10.5 Å². The monoisotopic (exact) mass is 287 g/mol. The fourth-order valence-electron chi connectivity index (χ4n) is 2.06. The molecule has 2 aromatic rings. The van der Waals surface area contributed by atoms with Crippen LogP contribution in [0.25, 0.3) is 11.3 Å². The molecule has 2 rings (SSSR count). The largest absolute Gasteiger partial charge is 0.356 e. The molecule has 0 saturated heterocycles. The van der Waals surface area contributed by atoms with Crippen LogP contribution in [0.2, 0.25) is 0 Å². The zero-order valence-corrected chi connectivity index (χ0v) is 12.7. The van der Waals surface area contributed by atoms with Gasteiger partial charge in [-0.25, -0.2) is 0 Å². The van der Waals surface area contributed by atoms with Gasteiger partial charge in [0.2, 0.25) is 5.91 Å². The van der Waals surface area contributed by atoms with Gasteiger partial charge >= 0.3 is 0 Å². The molecule has 1 heterocycles. The van der Waals surface area contributed by atoms with E-state index in [1.54, 1.807) is 0 Å². The fraction of sp³-hybridized carbons (Fsp3) is 0.375. The van der Waals surface area contributed by atoms with Crippen molar-refractivity contribution in [3.05, 3.63) is 41.6 Å². The number of carbonyl (C=O) groups excluding carboxylic acids is 1. The van der Waals surface area contributed by atoms with E-state index >= 15 is 0 Å². The smallest absolute Gasteiger partial charge is 0.224 e. The fourth-order valence-corrected chi connectivity index (χ4v) is 2.06. The maximum atomic E-state index is 12.0. The zero-order valence-electron chi connectivity index (χ0n) is 12.7.